The van der Waals surface area contributed by atoms with Gasteiger partial charge >= 0.3 is 17.9 Å². The molecule has 0 amide bonds. The molecule has 0 spiro atoms. The van der Waals surface area contributed by atoms with E-state index >= 15 is 0 Å². The van der Waals surface area contributed by atoms with Gasteiger partial charge in [-0.05, 0) is 109 Å². The van der Waals surface area contributed by atoms with Gasteiger partial charge in [-0.15, -0.1) is 0 Å². The Bertz CT molecular complexity index is 1370. The molecule has 0 saturated heterocycles. The molecule has 374 valence electrons. The van der Waals surface area contributed by atoms with Crippen LogP contribution in [-0.4, -0.2) is 37.2 Å². The standard InChI is InChI=1S/C60H98O6/c1-4-7-10-13-16-19-22-25-28-31-34-37-40-43-46-49-52-58(61)64-55-57(66-60(63)54-51-48-45-42-39-36-33-30-27-24-21-18-15-12-9-6-3)56-65-59(62)53-50-47-44-41-38-35-32-29-26-23-20-17-14-11-8-5-2/h7,9-10,12,16,18-19,21,25,27-30,32,34,37,43,46,57H,4-6,8,11,13-15,17,20,22-24,26,31,33,35-36,38-42,44-45,47-56H2,1-3H3/b10-7-,12-9-,19-16-,21-18-,28-25-,30-27-,32-29-,37-34-,46-43-. The van der Waals surface area contributed by atoms with Gasteiger partial charge in [0.15, 0.2) is 6.10 Å². The highest BCUT2D eigenvalue weighted by Crippen LogP contribution is 2.13. The summed E-state index contributed by atoms with van der Waals surface area (Å²) in [6.07, 6.45) is 72.3. The van der Waals surface area contributed by atoms with Crippen LogP contribution >= 0.6 is 0 Å². The smallest absolute Gasteiger partial charge is 0.306 e. The molecule has 0 bridgehead atoms. The number of allylic oxidation sites excluding steroid dienone is 18. The van der Waals surface area contributed by atoms with Crippen molar-refractivity contribution in [1.82, 2.24) is 0 Å². The van der Waals surface area contributed by atoms with Gasteiger partial charge in [-0.2, -0.15) is 0 Å². The Morgan fingerprint density at radius 2 is 0.621 bits per heavy atom. The average molecular weight is 915 g/mol. The fraction of sp³-hybridized carbons (Fsp3) is 0.650. The SMILES string of the molecule is CC/C=C\C/C=C\C/C=C\C/C=C\C/C=C\CCC(=O)OCC(COC(=O)CCCCCCC/C=C\CCCCCCCCC)OC(=O)CCCCCCCC/C=C\C/C=C\C/C=C\CC. The molecule has 0 radical (unpaired) electrons. The van der Waals surface area contributed by atoms with E-state index in [9.17, 15) is 14.4 Å². The summed E-state index contributed by atoms with van der Waals surface area (Å²) < 4.78 is 16.7. The first kappa shape index (κ1) is 62.1. The molecule has 0 aliphatic carbocycles. The maximum Gasteiger partial charge on any atom is 0.306 e. The molecule has 0 N–H and O–H groups in total. The van der Waals surface area contributed by atoms with Gasteiger partial charge in [0.25, 0.3) is 0 Å². The highest BCUT2D eigenvalue weighted by Gasteiger charge is 2.19. The van der Waals surface area contributed by atoms with Crippen LogP contribution in [-0.2, 0) is 28.6 Å². The fourth-order valence-corrected chi connectivity index (χ4v) is 7.03. The van der Waals surface area contributed by atoms with Gasteiger partial charge in [0.2, 0.25) is 0 Å². The lowest BCUT2D eigenvalue weighted by Gasteiger charge is -2.18. The minimum absolute atomic E-state index is 0.112. The second-order valence-corrected chi connectivity index (χ2v) is 17.4. The second kappa shape index (κ2) is 53.7. The van der Waals surface area contributed by atoms with Gasteiger partial charge in [0.1, 0.15) is 13.2 Å². The van der Waals surface area contributed by atoms with Gasteiger partial charge in [-0.1, -0.05) is 214 Å². The van der Waals surface area contributed by atoms with Gasteiger partial charge in [0, 0.05) is 19.3 Å². The van der Waals surface area contributed by atoms with E-state index in [1.807, 2.05) is 12.2 Å². The summed E-state index contributed by atoms with van der Waals surface area (Å²) in [5.41, 5.74) is 0. The first-order valence-corrected chi connectivity index (χ1v) is 26.9. The monoisotopic (exact) mass is 915 g/mol. The minimum atomic E-state index is -0.820. The van der Waals surface area contributed by atoms with Crippen LogP contribution < -0.4 is 0 Å². The Morgan fingerprint density at radius 1 is 0.318 bits per heavy atom. The van der Waals surface area contributed by atoms with Crippen LogP contribution in [0.3, 0.4) is 0 Å². The Labute approximate surface area is 406 Å². The van der Waals surface area contributed by atoms with Crippen molar-refractivity contribution in [3.63, 3.8) is 0 Å². The van der Waals surface area contributed by atoms with Crippen molar-refractivity contribution in [3.8, 4) is 0 Å². The summed E-state index contributed by atoms with van der Waals surface area (Å²) in [6.45, 7) is 6.32. The maximum absolute atomic E-state index is 12.8. The molecule has 0 fully saturated rings. The third-order valence-corrected chi connectivity index (χ3v) is 11.0. The lowest BCUT2D eigenvalue weighted by molar-refractivity contribution is -0.166. The highest BCUT2D eigenvalue weighted by atomic mass is 16.6. The highest BCUT2D eigenvalue weighted by molar-refractivity contribution is 5.71. The number of hydrogen-bond acceptors (Lipinski definition) is 6. The van der Waals surface area contributed by atoms with Crippen LogP contribution in [0, 0.1) is 0 Å². The van der Waals surface area contributed by atoms with Crippen molar-refractivity contribution in [2.75, 3.05) is 13.2 Å². The molecule has 0 rings (SSSR count). The Kier molecular flexibility index (Phi) is 50.5. The number of carbonyl (C=O) groups is 3. The van der Waals surface area contributed by atoms with Crippen LogP contribution in [0.25, 0.3) is 0 Å². The molecule has 6 heteroatoms. The van der Waals surface area contributed by atoms with Crippen LogP contribution in [0.1, 0.15) is 233 Å². The summed E-state index contributed by atoms with van der Waals surface area (Å²) in [6, 6.07) is 0. The van der Waals surface area contributed by atoms with Crippen molar-refractivity contribution >= 4 is 17.9 Å². The predicted octanol–water partition coefficient (Wildman–Crippen LogP) is 17.9. The Balaban J connectivity index is 4.53. The Hall–Kier alpha value is -3.93. The van der Waals surface area contributed by atoms with E-state index < -0.39 is 6.10 Å². The van der Waals surface area contributed by atoms with Crippen LogP contribution in [0.4, 0.5) is 0 Å². The van der Waals surface area contributed by atoms with E-state index in [0.29, 0.717) is 19.3 Å². The first-order valence-electron chi connectivity index (χ1n) is 26.9. The van der Waals surface area contributed by atoms with Crippen molar-refractivity contribution in [2.45, 2.75) is 239 Å². The molecule has 0 aliphatic heterocycles. The number of carbonyl (C=O) groups excluding carboxylic acids is 3. The summed E-state index contributed by atoms with van der Waals surface area (Å²) >= 11 is 0. The summed E-state index contributed by atoms with van der Waals surface area (Å²) in [7, 11) is 0. The van der Waals surface area contributed by atoms with Crippen LogP contribution in [0.15, 0.2) is 109 Å². The van der Waals surface area contributed by atoms with Crippen LogP contribution in [0.2, 0.25) is 0 Å². The molecule has 0 heterocycles. The largest absolute Gasteiger partial charge is 0.462 e. The summed E-state index contributed by atoms with van der Waals surface area (Å²) in [5, 5.41) is 0. The molecular formula is C60H98O6. The number of ether oxygens (including phenoxy) is 3. The number of unbranched alkanes of at least 4 members (excludes halogenated alkanes) is 18. The molecular weight excluding hydrogens is 817 g/mol. The average Bonchev–Trinajstić information content (AvgIpc) is 3.31. The zero-order valence-electron chi connectivity index (χ0n) is 42.7. The maximum atomic E-state index is 12.8. The molecule has 6 nitrogen and oxygen atoms in total. The molecule has 1 atom stereocenters. The van der Waals surface area contributed by atoms with Gasteiger partial charge in [-0.3, -0.25) is 14.4 Å². The zero-order valence-corrected chi connectivity index (χ0v) is 42.7. The Morgan fingerprint density at radius 3 is 1.03 bits per heavy atom. The predicted molar refractivity (Wildman–Crippen MR) is 283 cm³/mol. The van der Waals surface area contributed by atoms with Crippen molar-refractivity contribution < 1.29 is 28.6 Å². The molecule has 1 unspecified atom stereocenters. The molecule has 0 saturated carbocycles. The second-order valence-electron chi connectivity index (χ2n) is 17.4. The minimum Gasteiger partial charge on any atom is -0.462 e. The topological polar surface area (TPSA) is 78.9 Å². The van der Waals surface area contributed by atoms with E-state index in [0.717, 1.165) is 116 Å². The molecule has 0 aromatic heterocycles. The summed E-state index contributed by atoms with van der Waals surface area (Å²) in [4.78, 5) is 38.0. The van der Waals surface area contributed by atoms with Crippen molar-refractivity contribution in [3.05, 3.63) is 109 Å². The van der Waals surface area contributed by atoms with E-state index in [-0.39, 0.29) is 37.5 Å². The normalized spacial score (nSPS) is 13.0. The number of esters is 3. The molecule has 0 aliphatic rings. The summed E-state index contributed by atoms with van der Waals surface area (Å²) in [5.74, 6) is -1.02. The third-order valence-electron chi connectivity index (χ3n) is 11.0. The van der Waals surface area contributed by atoms with Crippen LogP contribution in [0.5, 0.6) is 0 Å². The van der Waals surface area contributed by atoms with Gasteiger partial charge in [-0.25, -0.2) is 0 Å². The van der Waals surface area contributed by atoms with E-state index in [1.165, 1.54) is 70.6 Å². The van der Waals surface area contributed by atoms with E-state index in [1.54, 1.807) is 0 Å². The molecule has 66 heavy (non-hydrogen) atoms. The van der Waals surface area contributed by atoms with Gasteiger partial charge in [0.05, 0.1) is 0 Å². The quantitative estimate of drug-likeness (QED) is 0.0262. The lowest BCUT2D eigenvalue weighted by Crippen LogP contribution is -2.30. The van der Waals surface area contributed by atoms with Crippen molar-refractivity contribution in [1.29, 1.82) is 0 Å². The lowest BCUT2D eigenvalue weighted by atomic mass is 10.1. The van der Waals surface area contributed by atoms with Gasteiger partial charge < -0.3 is 14.2 Å². The van der Waals surface area contributed by atoms with Crippen molar-refractivity contribution in [2.24, 2.45) is 0 Å². The third kappa shape index (κ3) is 51.1. The molecule has 0 aromatic rings. The first-order chi connectivity index (χ1) is 32.5. The number of rotatable bonds is 47. The number of hydrogen-bond donors (Lipinski definition) is 0. The van der Waals surface area contributed by atoms with E-state index in [2.05, 4.69) is 118 Å². The molecule has 0 aromatic carbocycles. The van der Waals surface area contributed by atoms with E-state index in [4.69, 9.17) is 14.2 Å². The fourth-order valence-electron chi connectivity index (χ4n) is 7.03. The zero-order chi connectivity index (χ0) is 47.9.